The van der Waals surface area contributed by atoms with E-state index >= 15 is 0 Å². The minimum atomic E-state index is -0.454. The van der Waals surface area contributed by atoms with Gasteiger partial charge in [-0.2, -0.15) is 9.97 Å². The maximum absolute atomic E-state index is 6.66. The van der Waals surface area contributed by atoms with Crippen LogP contribution in [0.15, 0.2) is 473 Å². The van der Waals surface area contributed by atoms with Gasteiger partial charge in [-0.1, -0.05) is 437 Å². The Morgan fingerprint density at radius 2 is 0.438 bits per heavy atom. The molecule has 22 aromatic carbocycles. The van der Waals surface area contributed by atoms with Crippen molar-refractivity contribution in [3.63, 3.8) is 0 Å². The number of hydrogen-bond acceptors (Lipinski definition) is 8. The highest BCUT2D eigenvalue weighted by Crippen LogP contribution is 2.66. The molecule has 0 atom stereocenters. The van der Waals surface area contributed by atoms with Crippen molar-refractivity contribution in [1.82, 2.24) is 29.9 Å². The Bertz CT molecular complexity index is 9250. The van der Waals surface area contributed by atoms with Gasteiger partial charge in [0.1, 0.15) is 0 Å². The van der Waals surface area contributed by atoms with Gasteiger partial charge in [-0.3, -0.25) is 0 Å². The first-order valence-electron chi connectivity index (χ1n) is 49.4. The molecule has 2 spiro atoms. The number of hydrogen-bond donors (Lipinski definition) is 0. The zero-order valence-electron chi connectivity index (χ0n) is 79.5. The third kappa shape index (κ3) is 13.7. The molecule has 0 saturated carbocycles. The molecule has 678 valence electrons. The van der Waals surface area contributed by atoms with Crippen LogP contribution in [0.5, 0.6) is 0 Å². The molecule has 2 aromatic heterocycles. The van der Waals surface area contributed by atoms with Gasteiger partial charge in [0.05, 0.1) is 22.0 Å². The van der Waals surface area contributed by atoms with Gasteiger partial charge in [-0.15, -0.1) is 0 Å². The number of fused-ring (bicyclic) bond motifs is 32. The number of aromatic nitrogens is 6. The Hall–Kier alpha value is -17.3. The molecule has 0 amide bonds. The van der Waals surface area contributed by atoms with E-state index in [4.69, 9.17) is 35.9 Å². The molecule has 1 saturated heterocycles. The van der Waals surface area contributed by atoms with Crippen molar-refractivity contribution in [1.29, 1.82) is 0 Å². The molecular formula is C134H90BClN6O2. The van der Waals surface area contributed by atoms with Crippen molar-refractivity contribution in [2.75, 3.05) is 0 Å². The van der Waals surface area contributed by atoms with Crippen LogP contribution in [-0.2, 0) is 20.1 Å². The van der Waals surface area contributed by atoms with E-state index in [0.717, 1.165) is 66.3 Å². The van der Waals surface area contributed by atoms with E-state index in [2.05, 4.69) is 431 Å². The zero-order valence-corrected chi connectivity index (χ0v) is 80.2. The molecule has 24 aromatic rings. The Morgan fingerprint density at radius 1 is 0.181 bits per heavy atom. The Balaban J connectivity index is 0.000000118. The molecule has 0 bridgehead atoms. The van der Waals surface area contributed by atoms with E-state index in [1.165, 1.54) is 165 Å². The molecule has 1 fully saturated rings. The minimum absolute atomic E-state index is 0.189. The normalized spacial score (nSPS) is 14.0. The van der Waals surface area contributed by atoms with E-state index in [1.807, 2.05) is 84.9 Å². The fraction of sp³-hybridized carbons (Fsp3) is 0.0597. The molecule has 29 rings (SSSR count). The summed E-state index contributed by atoms with van der Waals surface area (Å²) >= 11 is 6.14. The van der Waals surface area contributed by atoms with E-state index in [0.29, 0.717) is 29.1 Å². The third-order valence-corrected chi connectivity index (χ3v) is 31.1. The monoisotopic (exact) mass is 1860 g/mol. The van der Waals surface area contributed by atoms with Crippen LogP contribution in [0.4, 0.5) is 0 Å². The molecular weight excluding hydrogens is 1770 g/mol. The van der Waals surface area contributed by atoms with Crippen LogP contribution in [0, 0.1) is 0 Å². The SMILES string of the molecule is CC1(C)OB(c2cccc3c4ccccc4c4cc(-c5ccc6c(c5)C5(c7ccccc7-c7ccccc75)c5ccccc5-6)ccc4c23)OC1(C)C.Clc1nc(-c2ccccc2)nc(-c2cccc(-c3ccccc3)c2)n1.c1ccc(-c2cccc(-c3nc(-c4ccccc4)nc(-c4cccc5c6ccccc6c6cc(-c7ccc8c(c7)C7(c9ccccc9-c9ccccc97)c7ccccc7-8)ccc6c45)n3)c2)cc1. The van der Waals surface area contributed by atoms with Gasteiger partial charge in [-0.05, 0) is 274 Å². The van der Waals surface area contributed by atoms with Crippen LogP contribution in [0.2, 0.25) is 5.28 Å². The van der Waals surface area contributed by atoms with Gasteiger partial charge in [0.25, 0.3) is 0 Å². The topological polar surface area (TPSA) is 95.8 Å². The quantitative estimate of drug-likeness (QED) is 0.0987. The maximum Gasteiger partial charge on any atom is 0.495 e. The summed E-state index contributed by atoms with van der Waals surface area (Å²) in [4.78, 5) is 28.9. The molecule has 3 heterocycles. The number of benzene rings is 22. The van der Waals surface area contributed by atoms with Crippen molar-refractivity contribution in [3.8, 4) is 146 Å². The van der Waals surface area contributed by atoms with Gasteiger partial charge in [0, 0.05) is 33.2 Å². The van der Waals surface area contributed by atoms with Gasteiger partial charge >= 0.3 is 7.12 Å². The summed E-state index contributed by atoms with van der Waals surface area (Å²) in [6.07, 6.45) is 0. The summed E-state index contributed by atoms with van der Waals surface area (Å²) in [5, 5.41) is 14.6. The van der Waals surface area contributed by atoms with Gasteiger partial charge < -0.3 is 9.31 Å². The molecule has 5 aliphatic rings. The first kappa shape index (κ1) is 85.9. The van der Waals surface area contributed by atoms with Crippen molar-refractivity contribution in [3.05, 3.63) is 523 Å². The van der Waals surface area contributed by atoms with Crippen LogP contribution >= 0.6 is 11.6 Å². The lowest BCUT2D eigenvalue weighted by molar-refractivity contribution is 0.00578. The van der Waals surface area contributed by atoms with Crippen molar-refractivity contribution in [2.45, 2.75) is 49.7 Å². The van der Waals surface area contributed by atoms with Crippen LogP contribution < -0.4 is 5.46 Å². The second kappa shape index (κ2) is 34.0. The van der Waals surface area contributed by atoms with E-state index in [9.17, 15) is 0 Å². The van der Waals surface area contributed by atoms with Crippen LogP contribution in [-0.4, -0.2) is 48.2 Å². The molecule has 4 aliphatic carbocycles. The maximum atomic E-state index is 6.66. The highest BCUT2D eigenvalue weighted by Gasteiger charge is 2.55. The third-order valence-electron chi connectivity index (χ3n) is 30.9. The standard InChI is InChI=1S/C64H39N3.C49H37BO2.C21H14ClN3/c1-3-17-40(18-4-1)42-21-15-22-45(37-42)62-65-61(41-19-5-2-6-20-41)66-63(67-62)54-29-16-28-52-46-23-7-8-24-47(46)55-38-43(34-36-53(55)60(52)54)44-33-35-51-50-27-11-14-32-58(50)64(59(51)39-44)56-30-12-9-25-48(56)49-26-10-13-31-57(49)64;1-47(2)48(3,4)52-50(51-47)45-23-13-19-38-32-14-5-6-15-33(32)40-28-30(25-27-39(40)46(38)45)31-24-26-37-36-18-9-12-22-43(36)49(44(37)29-31)41-20-10-7-16-34(41)35-17-8-11-21-42(35)49;22-21-24-19(16-10-5-2-6-11-16)23-20(25-21)18-13-7-12-17(14-18)15-8-3-1-4-9-15/h1-39H;5-29H,1-4H3;1-14H. The average Bonchev–Trinajstić information content (AvgIpc) is 1.51. The second-order valence-electron chi connectivity index (χ2n) is 39.2. The summed E-state index contributed by atoms with van der Waals surface area (Å²) in [5.41, 5.74) is 34.8. The summed E-state index contributed by atoms with van der Waals surface area (Å²) in [5.74, 6) is 3.05. The summed E-state index contributed by atoms with van der Waals surface area (Å²) in [7, 11) is -0.454. The van der Waals surface area contributed by atoms with Crippen LogP contribution in [0.1, 0.15) is 72.2 Å². The lowest BCUT2D eigenvalue weighted by Gasteiger charge is -2.32. The fourth-order valence-corrected chi connectivity index (χ4v) is 23.9. The van der Waals surface area contributed by atoms with Crippen molar-refractivity contribution in [2.24, 2.45) is 0 Å². The van der Waals surface area contributed by atoms with E-state index in [1.54, 1.807) is 0 Å². The highest BCUT2D eigenvalue weighted by atomic mass is 35.5. The Morgan fingerprint density at radius 3 is 0.847 bits per heavy atom. The molecule has 0 radical (unpaired) electrons. The van der Waals surface area contributed by atoms with Crippen molar-refractivity contribution >= 4 is 88.8 Å². The predicted molar refractivity (Wildman–Crippen MR) is 593 cm³/mol. The first-order valence-corrected chi connectivity index (χ1v) is 49.8. The molecule has 0 N–H and O–H groups in total. The minimum Gasteiger partial charge on any atom is -0.399 e. The largest absolute Gasteiger partial charge is 0.495 e. The summed E-state index contributed by atoms with van der Waals surface area (Å²) in [6.45, 7) is 8.50. The van der Waals surface area contributed by atoms with Crippen LogP contribution in [0.25, 0.3) is 211 Å². The van der Waals surface area contributed by atoms with Gasteiger partial charge in [0.15, 0.2) is 29.1 Å². The molecule has 144 heavy (non-hydrogen) atoms. The fourth-order valence-electron chi connectivity index (χ4n) is 23.8. The van der Waals surface area contributed by atoms with Crippen LogP contribution in [0.3, 0.4) is 0 Å². The average molecular weight is 1860 g/mol. The smallest absolute Gasteiger partial charge is 0.399 e. The lowest BCUT2D eigenvalue weighted by atomic mass is 9.70. The number of nitrogens with zero attached hydrogens (tertiary/aromatic N) is 6. The molecule has 8 nitrogen and oxygen atoms in total. The highest BCUT2D eigenvalue weighted by molar-refractivity contribution is 6.66. The Labute approximate surface area is 840 Å². The number of rotatable bonds is 10. The first-order chi connectivity index (χ1) is 70.8. The van der Waals surface area contributed by atoms with Gasteiger partial charge in [-0.25, -0.2) is 19.9 Å². The van der Waals surface area contributed by atoms with E-state index < -0.39 is 23.7 Å². The molecule has 10 heteroatoms. The van der Waals surface area contributed by atoms with Crippen molar-refractivity contribution < 1.29 is 9.31 Å². The van der Waals surface area contributed by atoms with E-state index in [-0.39, 0.29) is 10.7 Å². The molecule has 1 aliphatic heterocycles. The Kier molecular flexibility index (Phi) is 20.3. The number of halogens is 1. The zero-order chi connectivity index (χ0) is 96.1. The second-order valence-corrected chi connectivity index (χ2v) is 39.5. The lowest BCUT2D eigenvalue weighted by Crippen LogP contribution is -2.41. The summed E-state index contributed by atoms with van der Waals surface area (Å²) in [6, 6.07) is 171. The predicted octanol–water partition coefficient (Wildman–Crippen LogP) is 33.0. The van der Waals surface area contributed by atoms with Gasteiger partial charge in [0.2, 0.25) is 5.28 Å². The summed E-state index contributed by atoms with van der Waals surface area (Å²) < 4.78 is 13.3. The molecule has 0 unspecified atom stereocenters.